The van der Waals surface area contributed by atoms with Crippen LogP contribution in [0.1, 0.15) is 0 Å². The Bertz CT molecular complexity index is 1390. The number of para-hydroxylation sites is 1. The molecule has 1 saturated heterocycles. The fourth-order valence-corrected chi connectivity index (χ4v) is 4.23. The average molecular weight is 491 g/mol. The lowest BCUT2D eigenvalue weighted by Crippen LogP contribution is -2.48. The van der Waals surface area contributed by atoms with Gasteiger partial charge in [-0.3, -0.25) is 4.98 Å². The number of likely N-dealkylation sites (N-methyl/N-ethyl adjacent to an activating group) is 1. The quantitative estimate of drug-likeness (QED) is 0.389. The van der Waals surface area contributed by atoms with Crippen LogP contribution in [0.3, 0.4) is 0 Å². The van der Waals surface area contributed by atoms with E-state index in [1.54, 1.807) is 35.5 Å². The van der Waals surface area contributed by atoms with Crippen molar-refractivity contribution < 1.29 is 9.18 Å². The summed E-state index contributed by atoms with van der Waals surface area (Å²) in [6, 6.07) is 15.4. The molecule has 1 fully saturated rings. The van der Waals surface area contributed by atoms with Gasteiger partial charge in [0.15, 0.2) is 0 Å². The third-order valence-corrected chi connectivity index (χ3v) is 6.28. The number of carbonyl (C=O) groups is 1. The molecular formula is C26H24ClFN6O. The molecule has 7 nitrogen and oxygen atoms in total. The monoisotopic (exact) mass is 490 g/mol. The van der Waals surface area contributed by atoms with Gasteiger partial charge in [-0.05, 0) is 43.4 Å². The molecule has 9 heteroatoms. The van der Waals surface area contributed by atoms with Gasteiger partial charge in [-0.2, -0.15) is 0 Å². The van der Waals surface area contributed by atoms with Crippen molar-refractivity contribution >= 4 is 45.6 Å². The van der Waals surface area contributed by atoms with Crippen molar-refractivity contribution in [3.63, 3.8) is 0 Å². The summed E-state index contributed by atoms with van der Waals surface area (Å²) < 4.78 is 14.6. The highest BCUT2D eigenvalue weighted by atomic mass is 35.5. The van der Waals surface area contributed by atoms with Gasteiger partial charge >= 0.3 is 6.03 Å². The summed E-state index contributed by atoms with van der Waals surface area (Å²) in [5.41, 5.74) is 3.38. The standard InChI is InChI=1S/C26H24ClFN6O/c1-33-10-12-34(13-11-33)26(35)32-25-16-29-9-8-22(25)31-23-15-24(19-14-17(27)6-7-20(19)28)30-21-5-3-2-4-18(21)23/h2-9,14-16H,10-13H2,1H3,(H,32,35)(H,29,30,31). The molecule has 2 N–H and O–H groups in total. The second kappa shape index (κ2) is 9.85. The number of hydrogen-bond donors (Lipinski definition) is 2. The van der Waals surface area contributed by atoms with Gasteiger partial charge in [0.05, 0.1) is 34.5 Å². The topological polar surface area (TPSA) is 73.4 Å². The van der Waals surface area contributed by atoms with Crippen LogP contribution in [0, 0.1) is 5.82 Å². The summed E-state index contributed by atoms with van der Waals surface area (Å²) in [5, 5.41) is 7.65. The highest BCUT2D eigenvalue weighted by Crippen LogP contribution is 2.34. The minimum Gasteiger partial charge on any atom is -0.353 e. The van der Waals surface area contributed by atoms with Gasteiger partial charge in [-0.1, -0.05) is 29.8 Å². The first-order chi connectivity index (χ1) is 17.0. The van der Waals surface area contributed by atoms with Gasteiger partial charge < -0.3 is 20.4 Å². The van der Waals surface area contributed by atoms with Gasteiger partial charge in [0.25, 0.3) is 0 Å². The van der Waals surface area contributed by atoms with Crippen LogP contribution in [-0.4, -0.2) is 59.0 Å². The van der Waals surface area contributed by atoms with E-state index in [-0.39, 0.29) is 6.03 Å². The van der Waals surface area contributed by atoms with Crippen molar-refractivity contribution in [3.8, 4) is 11.3 Å². The van der Waals surface area contributed by atoms with E-state index in [4.69, 9.17) is 11.6 Å². The summed E-state index contributed by atoms with van der Waals surface area (Å²) in [4.78, 5) is 25.7. The predicted molar refractivity (Wildman–Crippen MR) is 138 cm³/mol. The van der Waals surface area contributed by atoms with Crippen molar-refractivity contribution in [1.29, 1.82) is 0 Å². The number of benzene rings is 2. The molecule has 0 saturated carbocycles. The van der Waals surface area contributed by atoms with Crippen LogP contribution >= 0.6 is 11.6 Å². The SMILES string of the molecule is CN1CCN(C(=O)Nc2cnccc2Nc2cc(-c3cc(Cl)ccc3F)nc3ccccc23)CC1. The smallest absolute Gasteiger partial charge is 0.322 e. The number of rotatable bonds is 4. The molecule has 178 valence electrons. The number of amides is 2. The van der Waals surface area contributed by atoms with Crippen LogP contribution in [0.15, 0.2) is 67.0 Å². The van der Waals surface area contributed by atoms with E-state index in [0.29, 0.717) is 51.9 Å². The number of nitrogens with zero attached hydrogens (tertiary/aromatic N) is 4. The summed E-state index contributed by atoms with van der Waals surface area (Å²) >= 11 is 6.13. The van der Waals surface area contributed by atoms with Crippen molar-refractivity contribution in [3.05, 3.63) is 77.8 Å². The Kier molecular flexibility index (Phi) is 6.48. The molecule has 0 unspecified atom stereocenters. The number of nitrogens with one attached hydrogen (secondary N) is 2. The molecule has 2 aromatic carbocycles. The zero-order valence-electron chi connectivity index (χ0n) is 19.1. The Labute approximate surface area is 207 Å². The molecule has 2 amide bonds. The second-order valence-corrected chi connectivity index (χ2v) is 8.90. The molecule has 2 aromatic heterocycles. The molecule has 0 atom stereocenters. The first kappa shape index (κ1) is 23.0. The molecule has 35 heavy (non-hydrogen) atoms. The molecule has 0 spiro atoms. The Morgan fingerprint density at radius 2 is 1.80 bits per heavy atom. The summed E-state index contributed by atoms with van der Waals surface area (Å²) in [5.74, 6) is -0.410. The molecule has 1 aliphatic rings. The lowest BCUT2D eigenvalue weighted by Gasteiger charge is -2.32. The van der Waals surface area contributed by atoms with E-state index in [1.165, 1.54) is 12.1 Å². The van der Waals surface area contributed by atoms with Crippen molar-refractivity contribution in [2.45, 2.75) is 0 Å². The maximum atomic E-state index is 14.6. The highest BCUT2D eigenvalue weighted by Gasteiger charge is 2.20. The molecule has 4 aromatic rings. The minimum atomic E-state index is -0.410. The normalized spacial score (nSPS) is 14.2. The number of urea groups is 1. The van der Waals surface area contributed by atoms with Crippen LogP contribution in [-0.2, 0) is 0 Å². The number of fused-ring (bicyclic) bond motifs is 1. The van der Waals surface area contributed by atoms with Crippen molar-refractivity contribution in [1.82, 2.24) is 19.8 Å². The number of pyridine rings is 2. The van der Waals surface area contributed by atoms with E-state index in [0.717, 1.165) is 18.5 Å². The summed E-state index contributed by atoms with van der Waals surface area (Å²) in [6.07, 6.45) is 3.26. The first-order valence-corrected chi connectivity index (χ1v) is 11.7. The Balaban J connectivity index is 1.49. The number of anilines is 3. The molecule has 0 bridgehead atoms. The van der Waals surface area contributed by atoms with Crippen molar-refractivity contribution in [2.75, 3.05) is 43.9 Å². The fourth-order valence-electron chi connectivity index (χ4n) is 4.06. The number of hydrogen-bond acceptors (Lipinski definition) is 5. The van der Waals surface area contributed by atoms with Gasteiger partial charge in [-0.15, -0.1) is 0 Å². The zero-order chi connectivity index (χ0) is 24.4. The first-order valence-electron chi connectivity index (χ1n) is 11.3. The van der Waals surface area contributed by atoms with Gasteiger partial charge in [-0.25, -0.2) is 14.2 Å². The van der Waals surface area contributed by atoms with E-state index in [9.17, 15) is 9.18 Å². The molecule has 0 radical (unpaired) electrons. The van der Waals surface area contributed by atoms with E-state index in [1.807, 2.05) is 31.3 Å². The Hall–Kier alpha value is -3.75. The van der Waals surface area contributed by atoms with Crippen LogP contribution in [0.4, 0.5) is 26.2 Å². The number of carbonyl (C=O) groups excluding carboxylic acids is 1. The number of piperazine rings is 1. The lowest BCUT2D eigenvalue weighted by atomic mass is 10.1. The number of aromatic nitrogens is 2. The van der Waals surface area contributed by atoms with Crippen LogP contribution < -0.4 is 10.6 Å². The van der Waals surface area contributed by atoms with Gasteiger partial charge in [0.1, 0.15) is 5.82 Å². The zero-order valence-corrected chi connectivity index (χ0v) is 19.9. The maximum absolute atomic E-state index is 14.6. The Morgan fingerprint density at radius 1 is 1.00 bits per heavy atom. The fraction of sp³-hybridized carbons (Fsp3) is 0.192. The average Bonchev–Trinajstić information content (AvgIpc) is 2.87. The molecule has 0 aliphatic carbocycles. The van der Waals surface area contributed by atoms with Crippen LogP contribution in [0.2, 0.25) is 5.02 Å². The predicted octanol–water partition coefficient (Wildman–Crippen LogP) is 5.61. The van der Waals surface area contributed by atoms with Crippen LogP contribution in [0.25, 0.3) is 22.2 Å². The largest absolute Gasteiger partial charge is 0.353 e. The molecular weight excluding hydrogens is 467 g/mol. The second-order valence-electron chi connectivity index (χ2n) is 8.46. The molecule has 1 aliphatic heterocycles. The summed E-state index contributed by atoms with van der Waals surface area (Å²) in [6.45, 7) is 2.98. The molecule has 5 rings (SSSR count). The summed E-state index contributed by atoms with van der Waals surface area (Å²) in [7, 11) is 2.04. The van der Waals surface area contributed by atoms with E-state index in [2.05, 4.69) is 25.5 Å². The van der Waals surface area contributed by atoms with Crippen molar-refractivity contribution in [2.24, 2.45) is 0 Å². The Morgan fingerprint density at radius 3 is 2.63 bits per heavy atom. The minimum absolute atomic E-state index is 0.171. The highest BCUT2D eigenvalue weighted by molar-refractivity contribution is 6.30. The third kappa shape index (κ3) is 5.03. The third-order valence-electron chi connectivity index (χ3n) is 6.04. The number of halogens is 2. The van der Waals surface area contributed by atoms with Gasteiger partial charge in [0.2, 0.25) is 0 Å². The lowest BCUT2D eigenvalue weighted by molar-refractivity contribution is 0.164. The van der Waals surface area contributed by atoms with Crippen LogP contribution in [0.5, 0.6) is 0 Å². The van der Waals surface area contributed by atoms with E-state index >= 15 is 0 Å². The van der Waals surface area contributed by atoms with Gasteiger partial charge in [0, 0.05) is 48.3 Å². The van der Waals surface area contributed by atoms with E-state index < -0.39 is 5.82 Å². The molecule has 3 heterocycles. The maximum Gasteiger partial charge on any atom is 0.322 e.